The third-order valence-electron chi connectivity index (χ3n) is 8.25. The van der Waals surface area contributed by atoms with Crippen LogP contribution in [0, 0.1) is 0 Å². The van der Waals surface area contributed by atoms with Gasteiger partial charge < -0.3 is 0 Å². The predicted molar refractivity (Wildman–Crippen MR) is 165 cm³/mol. The number of anilines is 3. The van der Waals surface area contributed by atoms with Crippen LogP contribution in [-0.4, -0.2) is 14.5 Å². The second-order valence-electron chi connectivity index (χ2n) is 10.9. The molecule has 0 saturated carbocycles. The summed E-state index contributed by atoms with van der Waals surface area (Å²) in [4.78, 5) is 29.5. The third-order valence-corrected chi connectivity index (χ3v) is 10.6. The van der Waals surface area contributed by atoms with E-state index < -0.39 is 0 Å². The Balaban J connectivity index is 1.39. The van der Waals surface area contributed by atoms with Gasteiger partial charge in [-0.15, -0.1) is 0 Å². The molecule has 0 atom stereocenters. The minimum atomic E-state index is -0.165. The van der Waals surface area contributed by atoms with Gasteiger partial charge in [0.1, 0.15) is 0 Å². The maximum absolute atomic E-state index is 14.0. The zero-order chi connectivity index (χ0) is 27.2. The molecule has 0 radical (unpaired) electrons. The maximum atomic E-state index is 14.0. The fourth-order valence-corrected chi connectivity index (χ4v) is 8.50. The average Bonchev–Trinajstić information content (AvgIpc) is 2.97. The Morgan fingerprint density at radius 2 is 1.23 bits per heavy atom. The molecule has 192 valence electrons. The first-order valence-corrected chi connectivity index (χ1v) is 15.0. The Morgan fingerprint density at radius 1 is 0.600 bits per heavy atom. The van der Waals surface area contributed by atoms with Gasteiger partial charge in [0.15, 0.2) is 0 Å². The van der Waals surface area contributed by atoms with E-state index in [4.69, 9.17) is 4.42 Å². The molecule has 8 rings (SSSR count). The molecule has 0 fully saturated rings. The van der Waals surface area contributed by atoms with E-state index in [-0.39, 0.29) is 30.8 Å². The molecule has 1 aliphatic rings. The number of hydrogen-bond acceptors (Lipinski definition) is 4. The van der Waals surface area contributed by atoms with Gasteiger partial charge in [-0.1, -0.05) is 26.0 Å². The first-order valence-electron chi connectivity index (χ1n) is 13.3. The molecule has 0 spiro atoms. The van der Waals surface area contributed by atoms with Gasteiger partial charge in [0, 0.05) is 0 Å². The molecule has 0 N–H and O–H groups in total. The molecule has 0 unspecified atom stereocenters. The Hall–Kier alpha value is -4.44. The predicted octanol–water partition coefficient (Wildman–Crippen LogP) is 7.78. The van der Waals surface area contributed by atoms with Crippen molar-refractivity contribution < 1.29 is 4.42 Å². The van der Waals surface area contributed by atoms with Crippen molar-refractivity contribution in [2.45, 2.75) is 19.3 Å². The molecule has 5 heteroatoms. The Morgan fingerprint density at radius 3 is 1.98 bits per heavy atom. The number of nitrogens with zero attached hydrogens (tertiary/aromatic N) is 1. The first-order chi connectivity index (χ1) is 19.4. The van der Waals surface area contributed by atoms with Gasteiger partial charge in [0.05, 0.1) is 0 Å². The second kappa shape index (κ2) is 8.28. The van der Waals surface area contributed by atoms with E-state index in [0.717, 1.165) is 31.0 Å². The average molecular weight is 585 g/mol. The van der Waals surface area contributed by atoms with Crippen molar-refractivity contribution in [1.82, 2.24) is 0 Å². The zero-order valence-corrected chi connectivity index (χ0v) is 23.6. The van der Waals surface area contributed by atoms with Crippen LogP contribution in [0.1, 0.15) is 25.0 Å². The van der Waals surface area contributed by atoms with Gasteiger partial charge in [-0.2, -0.15) is 0 Å². The summed E-state index contributed by atoms with van der Waals surface area (Å²) in [5.74, 6) is 0. The van der Waals surface area contributed by atoms with Crippen LogP contribution in [0.2, 0.25) is 0 Å². The van der Waals surface area contributed by atoms with Crippen molar-refractivity contribution >= 4 is 72.8 Å². The summed E-state index contributed by atoms with van der Waals surface area (Å²) < 4.78 is 8.32. The molecule has 0 amide bonds. The van der Waals surface area contributed by atoms with Crippen molar-refractivity contribution in [3.05, 3.63) is 135 Å². The third kappa shape index (κ3) is 3.19. The van der Waals surface area contributed by atoms with Crippen LogP contribution in [0.5, 0.6) is 0 Å². The molecular formula is C35H23NO3Se. The molecule has 4 nitrogen and oxygen atoms in total. The fraction of sp³-hybridized carbons (Fsp3) is 0.0857. The molecule has 5 aromatic carbocycles. The molecule has 3 heterocycles. The van der Waals surface area contributed by atoms with Crippen molar-refractivity contribution in [2.24, 2.45) is 0 Å². The van der Waals surface area contributed by atoms with Crippen molar-refractivity contribution in [3.8, 4) is 0 Å². The van der Waals surface area contributed by atoms with Crippen LogP contribution in [0.4, 0.5) is 17.1 Å². The SMILES string of the molecule is CC1(C)c2ccccc2N(c2ccc3oc4cc5[se]c6ccccc6c(=O)c5cc4c(=O)c3c2)c2ccccc21. The van der Waals surface area contributed by atoms with Crippen molar-refractivity contribution in [2.75, 3.05) is 4.90 Å². The number of hydrogen-bond donors (Lipinski definition) is 0. The van der Waals surface area contributed by atoms with E-state index in [0.29, 0.717) is 27.3 Å². The van der Waals surface area contributed by atoms with Gasteiger partial charge in [0.2, 0.25) is 0 Å². The Labute approximate surface area is 235 Å². The van der Waals surface area contributed by atoms with Gasteiger partial charge in [0.25, 0.3) is 0 Å². The van der Waals surface area contributed by atoms with Crippen molar-refractivity contribution in [3.63, 3.8) is 0 Å². The molecule has 0 saturated heterocycles. The van der Waals surface area contributed by atoms with E-state index >= 15 is 0 Å². The summed E-state index contributed by atoms with van der Waals surface area (Å²) in [5.41, 5.74) is 6.27. The zero-order valence-electron chi connectivity index (χ0n) is 21.9. The topological polar surface area (TPSA) is 50.5 Å². The van der Waals surface area contributed by atoms with Crippen LogP contribution in [0.3, 0.4) is 0 Å². The van der Waals surface area contributed by atoms with E-state index in [1.54, 1.807) is 6.07 Å². The second-order valence-corrected chi connectivity index (χ2v) is 13.2. The van der Waals surface area contributed by atoms with E-state index in [1.807, 2.05) is 48.5 Å². The molecule has 2 aromatic heterocycles. The Bertz CT molecular complexity index is 2260. The summed E-state index contributed by atoms with van der Waals surface area (Å²) in [7, 11) is 0. The Kier molecular flexibility index (Phi) is 4.85. The monoisotopic (exact) mass is 585 g/mol. The van der Waals surface area contributed by atoms with Crippen LogP contribution in [0.15, 0.2) is 117 Å². The molecule has 40 heavy (non-hydrogen) atoms. The molecule has 1 aliphatic heterocycles. The summed E-state index contributed by atoms with van der Waals surface area (Å²) in [5, 5.41) is 2.27. The van der Waals surface area contributed by atoms with Gasteiger partial charge in [-0.3, -0.25) is 0 Å². The van der Waals surface area contributed by atoms with Gasteiger partial charge in [-0.25, -0.2) is 0 Å². The standard InChI is InChI=1S/C35H23NO3Se/c1-35(2)25-10-4-6-12-27(25)36(28-13-7-5-11-26(28)35)20-15-16-29-22(17-20)34(38)23-18-24-32(19-30(23)39-29)40-31-14-8-3-9-21(31)33(24)37/h3-19H,1-2H3. The summed E-state index contributed by atoms with van der Waals surface area (Å²) >= 11 is -0.0335. The van der Waals surface area contributed by atoms with Gasteiger partial charge >= 0.3 is 210 Å². The van der Waals surface area contributed by atoms with E-state index in [9.17, 15) is 9.59 Å². The summed E-state index contributed by atoms with van der Waals surface area (Å²) in [6, 6.07) is 34.1. The quantitative estimate of drug-likeness (QED) is 0.146. The van der Waals surface area contributed by atoms with Crippen LogP contribution < -0.4 is 15.8 Å². The molecule has 0 aliphatic carbocycles. The van der Waals surface area contributed by atoms with Crippen LogP contribution in [-0.2, 0) is 5.41 Å². The van der Waals surface area contributed by atoms with Crippen LogP contribution >= 0.6 is 0 Å². The van der Waals surface area contributed by atoms with Gasteiger partial charge in [-0.05, 0) is 0 Å². The number of para-hydroxylation sites is 2. The fourth-order valence-electron chi connectivity index (χ4n) is 6.23. The molecule has 0 bridgehead atoms. The molecule has 7 aromatic rings. The summed E-state index contributed by atoms with van der Waals surface area (Å²) in [6.07, 6.45) is 0. The van der Waals surface area contributed by atoms with Crippen molar-refractivity contribution in [1.29, 1.82) is 0 Å². The van der Waals surface area contributed by atoms with E-state index in [2.05, 4.69) is 67.3 Å². The summed E-state index contributed by atoms with van der Waals surface area (Å²) in [6.45, 7) is 4.51. The normalized spacial score (nSPS) is 14.1. The number of benzene rings is 5. The van der Waals surface area contributed by atoms with Crippen LogP contribution in [0.25, 0.3) is 41.2 Å². The van der Waals surface area contributed by atoms with E-state index in [1.165, 1.54) is 11.1 Å². The number of rotatable bonds is 1. The minimum absolute atomic E-state index is 0.0296. The first kappa shape index (κ1) is 23.4. The number of fused-ring (bicyclic) bond motifs is 6. The molecular weight excluding hydrogens is 561 g/mol.